The molecule has 142 valence electrons. The number of rotatable bonds is 5. The Kier molecular flexibility index (Phi) is 7.17. The van der Waals surface area contributed by atoms with Crippen LogP contribution in [0.1, 0.15) is 63.4 Å². The van der Waals surface area contributed by atoms with E-state index >= 15 is 0 Å². The van der Waals surface area contributed by atoms with Crippen LogP contribution in [0.25, 0.3) is 0 Å². The van der Waals surface area contributed by atoms with E-state index in [4.69, 9.17) is 4.99 Å². The normalized spacial score (nSPS) is 19.0. The molecule has 0 aromatic carbocycles. The molecule has 2 heterocycles. The molecule has 0 atom stereocenters. The standard InChI is InChI=1S/C19H33N5.HI/c1-5-16-15(17(6-2)23(4)22-16)13-21-18(20-7-3)24-12-11-19(14-24)9-8-10-19;/h5-14H2,1-4H3,(H,20,21);1H. The van der Waals surface area contributed by atoms with Gasteiger partial charge in [-0.1, -0.05) is 20.3 Å². The Morgan fingerprint density at radius 2 is 1.96 bits per heavy atom. The third-order valence-electron chi connectivity index (χ3n) is 5.90. The second-order valence-corrected chi connectivity index (χ2v) is 7.40. The van der Waals surface area contributed by atoms with Crippen molar-refractivity contribution in [3.63, 3.8) is 0 Å². The third kappa shape index (κ3) is 4.14. The monoisotopic (exact) mass is 459 g/mol. The molecule has 1 saturated heterocycles. The van der Waals surface area contributed by atoms with Gasteiger partial charge >= 0.3 is 0 Å². The number of aliphatic imine (C=N–C) groups is 1. The van der Waals surface area contributed by atoms with E-state index in [1.54, 1.807) is 0 Å². The van der Waals surface area contributed by atoms with E-state index in [0.29, 0.717) is 5.41 Å². The molecule has 2 aliphatic rings. The molecule has 5 nitrogen and oxygen atoms in total. The maximum absolute atomic E-state index is 5.00. The molecule has 0 amide bonds. The zero-order chi connectivity index (χ0) is 17.2. The van der Waals surface area contributed by atoms with Gasteiger partial charge < -0.3 is 10.2 Å². The second-order valence-electron chi connectivity index (χ2n) is 7.40. The van der Waals surface area contributed by atoms with Gasteiger partial charge in [-0.2, -0.15) is 5.10 Å². The predicted octanol–water partition coefficient (Wildman–Crippen LogP) is 3.50. The van der Waals surface area contributed by atoms with Crippen molar-refractivity contribution in [3.8, 4) is 0 Å². The van der Waals surface area contributed by atoms with Crippen LogP contribution in [0.15, 0.2) is 4.99 Å². The number of nitrogens with one attached hydrogen (secondary N) is 1. The zero-order valence-corrected chi connectivity index (χ0v) is 18.6. The Balaban J connectivity index is 0.00000225. The van der Waals surface area contributed by atoms with Crippen molar-refractivity contribution in [1.29, 1.82) is 0 Å². The molecule has 0 radical (unpaired) electrons. The van der Waals surface area contributed by atoms with Gasteiger partial charge in [-0.05, 0) is 44.4 Å². The highest BCUT2D eigenvalue weighted by Crippen LogP contribution is 2.47. The van der Waals surface area contributed by atoms with Crippen molar-refractivity contribution in [2.24, 2.45) is 17.5 Å². The number of likely N-dealkylation sites (tertiary alicyclic amines) is 1. The zero-order valence-electron chi connectivity index (χ0n) is 16.3. The van der Waals surface area contributed by atoms with Crippen LogP contribution in [0.5, 0.6) is 0 Å². The minimum atomic E-state index is 0. The predicted molar refractivity (Wildman–Crippen MR) is 115 cm³/mol. The Hall–Kier alpha value is -0.790. The highest BCUT2D eigenvalue weighted by molar-refractivity contribution is 14.0. The Morgan fingerprint density at radius 3 is 2.48 bits per heavy atom. The summed E-state index contributed by atoms with van der Waals surface area (Å²) in [6.07, 6.45) is 7.55. The molecular formula is C19H34IN5. The van der Waals surface area contributed by atoms with Gasteiger partial charge in [0.05, 0.1) is 12.2 Å². The van der Waals surface area contributed by atoms with Crippen LogP contribution < -0.4 is 5.32 Å². The molecule has 1 aromatic heterocycles. The second kappa shape index (κ2) is 8.73. The molecule has 0 unspecified atom stereocenters. The molecule has 25 heavy (non-hydrogen) atoms. The molecule has 2 fully saturated rings. The molecule has 1 saturated carbocycles. The van der Waals surface area contributed by atoms with E-state index in [-0.39, 0.29) is 24.0 Å². The Labute approximate surface area is 169 Å². The first-order valence-electron chi connectivity index (χ1n) is 9.69. The smallest absolute Gasteiger partial charge is 0.194 e. The lowest BCUT2D eigenvalue weighted by molar-refractivity contribution is 0.151. The largest absolute Gasteiger partial charge is 0.357 e. The summed E-state index contributed by atoms with van der Waals surface area (Å²) in [5.74, 6) is 1.09. The molecule has 1 aromatic rings. The van der Waals surface area contributed by atoms with Crippen molar-refractivity contribution < 1.29 is 0 Å². The summed E-state index contributed by atoms with van der Waals surface area (Å²) in [6, 6.07) is 0. The molecule has 1 aliphatic carbocycles. The van der Waals surface area contributed by atoms with Crippen molar-refractivity contribution in [1.82, 2.24) is 20.0 Å². The number of guanidine groups is 1. The lowest BCUT2D eigenvalue weighted by Gasteiger charge is -2.38. The first-order valence-corrected chi connectivity index (χ1v) is 9.69. The fourth-order valence-corrected chi connectivity index (χ4v) is 4.35. The lowest BCUT2D eigenvalue weighted by Crippen LogP contribution is -2.42. The van der Waals surface area contributed by atoms with E-state index in [2.05, 4.69) is 43.1 Å². The van der Waals surface area contributed by atoms with Crippen LogP contribution in [0, 0.1) is 5.41 Å². The maximum atomic E-state index is 5.00. The Morgan fingerprint density at radius 1 is 1.20 bits per heavy atom. The van der Waals surface area contributed by atoms with E-state index < -0.39 is 0 Å². The maximum Gasteiger partial charge on any atom is 0.194 e. The SMILES string of the molecule is CCNC(=NCc1c(CC)nn(C)c1CC)N1CCC2(CCC2)C1.I. The van der Waals surface area contributed by atoms with Crippen molar-refractivity contribution >= 4 is 29.9 Å². The fourth-order valence-electron chi connectivity index (χ4n) is 4.35. The fraction of sp³-hybridized carbons (Fsp3) is 0.789. The minimum absolute atomic E-state index is 0. The highest BCUT2D eigenvalue weighted by atomic mass is 127. The number of halogens is 1. The van der Waals surface area contributed by atoms with Gasteiger partial charge in [0.2, 0.25) is 0 Å². The van der Waals surface area contributed by atoms with Crippen molar-refractivity contribution in [2.45, 2.75) is 65.8 Å². The quantitative estimate of drug-likeness (QED) is 0.417. The van der Waals surface area contributed by atoms with Crippen LogP contribution in [0.4, 0.5) is 0 Å². The van der Waals surface area contributed by atoms with Crippen LogP contribution in [0.3, 0.4) is 0 Å². The van der Waals surface area contributed by atoms with E-state index in [1.165, 1.54) is 49.2 Å². The van der Waals surface area contributed by atoms with Gasteiger partial charge in [0.25, 0.3) is 0 Å². The summed E-state index contributed by atoms with van der Waals surface area (Å²) in [7, 11) is 2.05. The van der Waals surface area contributed by atoms with Gasteiger partial charge in [0.15, 0.2) is 5.96 Å². The summed E-state index contributed by atoms with van der Waals surface area (Å²) in [4.78, 5) is 7.48. The van der Waals surface area contributed by atoms with Crippen LogP contribution in [-0.4, -0.2) is 40.3 Å². The number of nitrogens with zero attached hydrogens (tertiary/aromatic N) is 4. The van der Waals surface area contributed by atoms with E-state index in [0.717, 1.165) is 38.4 Å². The highest BCUT2D eigenvalue weighted by Gasteiger charge is 2.43. The summed E-state index contributed by atoms with van der Waals surface area (Å²) in [5, 5.41) is 8.19. The van der Waals surface area contributed by atoms with Crippen LogP contribution >= 0.6 is 24.0 Å². The van der Waals surface area contributed by atoms with E-state index in [9.17, 15) is 0 Å². The summed E-state index contributed by atoms with van der Waals surface area (Å²) in [6.45, 7) is 10.6. The van der Waals surface area contributed by atoms with Crippen LogP contribution in [-0.2, 0) is 26.4 Å². The first-order chi connectivity index (χ1) is 11.6. The summed E-state index contributed by atoms with van der Waals surface area (Å²) < 4.78 is 2.04. The number of aromatic nitrogens is 2. The van der Waals surface area contributed by atoms with Crippen LogP contribution in [0.2, 0.25) is 0 Å². The molecule has 1 aliphatic heterocycles. The molecular weight excluding hydrogens is 425 g/mol. The number of hydrogen-bond donors (Lipinski definition) is 1. The van der Waals surface area contributed by atoms with Gasteiger partial charge in [-0.15, -0.1) is 24.0 Å². The van der Waals surface area contributed by atoms with Crippen molar-refractivity contribution in [2.75, 3.05) is 19.6 Å². The molecule has 6 heteroatoms. The summed E-state index contributed by atoms with van der Waals surface area (Å²) >= 11 is 0. The van der Waals surface area contributed by atoms with Crippen molar-refractivity contribution in [3.05, 3.63) is 17.0 Å². The topological polar surface area (TPSA) is 45.5 Å². The molecule has 0 bridgehead atoms. The molecule has 1 N–H and O–H groups in total. The van der Waals surface area contributed by atoms with Gasteiger partial charge in [-0.3, -0.25) is 4.68 Å². The van der Waals surface area contributed by atoms with Gasteiger partial charge in [0, 0.05) is 37.9 Å². The minimum Gasteiger partial charge on any atom is -0.357 e. The Bertz CT molecular complexity index is 603. The summed E-state index contributed by atoms with van der Waals surface area (Å²) in [5.41, 5.74) is 4.46. The lowest BCUT2D eigenvalue weighted by atomic mass is 9.68. The van der Waals surface area contributed by atoms with E-state index in [1.807, 2.05) is 4.68 Å². The first kappa shape index (κ1) is 20.5. The average Bonchev–Trinajstić information content (AvgIpc) is 3.12. The third-order valence-corrected chi connectivity index (χ3v) is 5.90. The number of hydrogen-bond acceptors (Lipinski definition) is 2. The molecule has 3 rings (SSSR count). The van der Waals surface area contributed by atoms with Gasteiger partial charge in [-0.25, -0.2) is 4.99 Å². The average molecular weight is 459 g/mol. The van der Waals surface area contributed by atoms with Gasteiger partial charge in [0.1, 0.15) is 0 Å². The molecule has 1 spiro atoms. The number of aryl methyl sites for hydroxylation is 2.